The van der Waals surface area contributed by atoms with Gasteiger partial charge in [-0.05, 0) is 62.6 Å². The topological polar surface area (TPSA) is 21.1 Å². The highest BCUT2D eigenvalue weighted by Crippen LogP contribution is 2.36. The molecule has 1 aliphatic heterocycles. The number of aromatic nitrogens is 2. The van der Waals surface area contributed by atoms with Gasteiger partial charge in [0.1, 0.15) is 0 Å². The van der Waals surface area contributed by atoms with Crippen molar-refractivity contribution in [2.45, 2.75) is 57.3 Å². The average molecular weight is 377 g/mol. The van der Waals surface area contributed by atoms with Crippen LogP contribution in [0.2, 0.25) is 0 Å². The fourth-order valence-electron chi connectivity index (χ4n) is 4.27. The third-order valence-electron chi connectivity index (χ3n) is 5.82. The second-order valence-corrected chi connectivity index (χ2v) is 7.96. The molecule has 27 heavy (non-hydrogen) atoms. The minimum atomic E-state index is -4.27. The Morgan fingerprint density at radius 1 is 1.11 bits per heavy atom. The Morgan fingerprint density at radius 3 is 2.70 bits per heavy atom. The van der Waals surface area contributed by atoms with Gasteiger partial charge in [-0.3, -0.25) is 4.90 Å². The van der Waals surface area contributed by atoms with E-state index in [2.05, 4.69) is 14.5 Å². The van der Waals surface area contributed by atoms with Crippen molar-refractivity contribution in [1.82, 2.24) is 14.5 Å². The first-order valence-electron chi connectivity index (χ1n) is 9.89. The number of hydrogen-bond donors (Lipinski definition) is 0. The molecule has 1 unspecified atom stereocenters. The summed E-state index contributed by atoms with van der Waals surface area (Å²) in [6.07, 6.45) is 5.63. The van der Waals surface area contributed by atoms with Gasteiger partial charge in [-0.1, -0.05) is 18.2 Å². The van der Waals surface area contributed by atoms with Crippen LogP contribution < -0.4 is 0 Å². The number of rotatable bonds is 6. The van der Waals surface area contributed by atoms with E-state index in [0.717, 1.165) is 38.9 Å². The standard InChI is InChI=1S/C21H26F3N3/c22-21(23,24)20-6-2-1-5-17(20)8-7-16-4-3-11-26(13-16)14-19-12-25-15-27(19)18-9-10-18/h1-2,5-6,12,15-16,18H,3-4,7-11,13-14H2. The van der Waals surface area contributed by atoms with Gasteiger partial charge in [0.05, 0.1) is 17.6 Å². The lowest BCUT2D eigenvalue weighted by Gasteiger charge is -2.33. The van der Waals surface area contributed by atoms with Gasteiger partial charge >= 0.3 is 6.18 Å². The first-order valence-corrected chi connectivity index (χ1v) is 9.89. The molecule has 4 rings (SSSR count). The highest BCUT2D eigenvalue weighted by molar-refractivity contribution is 5.29. The number of aryl methyl sites for hydroxylation is 1. The lowest BCUT2D eigenvalue weighted by Crippen LogP contribution is -2.35. The van der Waals surface area contributed by atoms with E-state index in [1.165, 1.54) is 30.7 Å². The van der Waals surface area contributed by atoms with Crippen molar-refractivity contribution in [3.8, 4) is 0 Å². The largest absolute Gasteiger partial charge is 0.416 e. The Hall–Kier alpha value is -1.82. The van der Waals surface area contributed by atoms with Gasteiger partial charge in [0.15, 0.2) is 0 Å². The minimum Gasteiger partial charge on any atom is -0.330 e. The summed E-state index contributed by atoms with van der Waals surface area (Å²) in [5.74, 6) is 0.456. The van der Waals surface area contributed by atoms with Crippen LogP contribution in [0, 0.1) is 5.92 Å². The molecule has 1 aliphatic carbocycles. The molecule has 1 saturated carbocycles. The Balaban J connectivity index is 1.35. The van der Waals surface area contributed by atoms with Crippen LogP contribution in [0.25, 0.3) is 0 Å². The number of benzene rings is 1. The summed E-state index contributed by atoms with van der Waals surface area (Å²) in [6.45, 7) is 2.92. The van der Waals surface area contributed by atoms with Gasteiger partial charge in [-0.15, -0.1) is 0 Å². The van der Waals surface area contributed by atoms with Gasteiger partial charge in [0.25, 0.3) is 0 Å². The van der Waals surface area contributed by atoms with Crippen LogP contribution in [0.3, 0.4) is 0 Å². The number of nitrogens with zero attached hydrogens (tertiary/aromatic N) is 3. The molecule has 2 aliphatic rings. The van der Waals surface area contributed by atoms with Crippen molar-refractivity contribution < 1.29 is 13.2 Å². The molecule has 2 aromatic rings. The Morgan fingerprint density at radius 2 is 1.93 bits per heavy atom. The minimum absolute atomic E-state index is 0.425. The molecular weight excluding hydrogens is 351 g/mol. The summed E-state index contributed by atoms with van der Waals surface area (Å²) in [5, 5.41) is 0. The first kappa shape index (κ1) is 18.5. The van der Waals surface area contributed by atoms with E-state index in [0.29, 0.717) is 23.9 Å². The summed E-state index contributed by atoms with van der Waals surface area (Å²) in [4.78, 5) is 6.75. The van der Waals surface area contributed by atoms with E-state index in [1.54, 1.807) is 12.1 Å². The SMILES string of the molecule is FC(F)(F)c1ccccc1CCC1CCCN(Cc2cncn2C2CC2)C1. The number of hydrogen-bond acceptors (Lipinski definition) is 2. The summed E-state index contributed by atoms with van der Waals surface area (Å²) in [7, 11) is 0. The van der Waals surface area contributed by atoms with Crippen molar-refractivity contribution in [2.75, 3.05) is 13.1 Å². The van der Waals surface area contributed by atoms with E-state index in [9.17, 15) is 13.2 Å². The maximum Gasteiger partial charge on any atom is 0.416 e. The molecule has 6 heteroatoms. The number of likely N-dealkylation sites (tertiary alicyclic amines) is 1. The van der Waals surface area contributed by atoms with Crippen LogP contribution in [0.15, 0.2) is 36.8 Å². The van der Waals surface area contributed by atoms with E-state index in [1.807, 2.05) is 12.5 Å². The monoisotopic (exact) mass is 377 g/mol. The Bertz CT molecular complexity index is 764. The molecule has 1 saturated heterocycles. The number of alkyl halides is 3. The Labute approximate surface area is 158 Å². The molecule has 1 aromatic carbocycles. The summed E-state index contributed by atoms with van der Waals surface area (Å²) >= 11 is 0. The predicted octanol–water partition coefficient (Wildman–Crippen LogP) is 5.08. The van der Waals surface area contributed by atoms with Gasteiger partial charge in [0.2, 0.25) is 0 Å². The molecule has 0 amide bonds. The second kappa shape index (κ2) is 7.66. The molecule has 0 spiro atoms. The summed E-state index contributed by atoms with van der Waals surface area (Å²) in [6, 6.07) is 6.62. The van der Waals surface area contributed by atoms with Crippen molar-refractivity contribution in [3.63, 3.8) is 0 Å². The molecule has 0 bridgehead atoms. The van der Waals surface area contributed by atoms with E-state index in [4.69, 9.17) is 0 Å². The molecule has 0 radical (unpaired) electrons. The van der Waals surface area contributed by atoms with E-state index in [-0.39, 0.29) is 0 Å². The molecule has 2 heterocycles. The fraction of sp³-hybridized carbons (Fsp3) is 0.571. The third-order valence-corrected chi connectivity index (χ3v) is 5.82. The summed E-state index contributed by atoms with van der Waals surface area (Å²) < 4.78 is 41.8. The van der Waals surface area contributed by atoms with Crippen LogP contribution in [0.1, 0.15) is 55.0 Å². The van der Waals surface area contributed by atoms with Gasteiger partial charge in [-0.2, -0.15) is 13.2 Å². The first-order chi connectivity index (χ1) is 13.0. The number of piperidine rings is 1. The van der Waals surface area contributed by atoms with Crippen LogP contribution in [-0.4, -0.2) is 27.5 Å². The zero-order chi connectivity index (χ0) is 18.9. The predicted molar refractivity (Wildman–Crippen MR) is 98.3 cm³/mol. The molecule has 2 fully saturated rings. The molecule has 1 atom stereocenters. The number of halogens is 3. The van der Waals surface area contributed by atoms with Crippen molar-refractivity contribution in [1.29, 1.82) is 0 Å². The smallest absolute Gasteiger partial charge is 0.330 e. The van der Waals surface area contributed by atoms with Gasteiger partial charge in [-0.25, -0.2) is 4.98 Å². The van der Waals surface area contributed by atoms with E-state index >= 15 is 0 Å². The van der Waals surface area contributed by atoms with Crippen molar-refractivity contribution >= 4 is 0 Å². The molecule has 0 N–H and O–H groups in total. The average Bonchev–Trinajstić information content (AvgIpc) is 3.39. The normalized spacial score (nSPS) is 21.5. The molecule has 146 valence electrons. The van der Waals surface area contributed by atoms with Gasteiger partial charge < -0.3 is 4.57 Å². The highest BCUT2D eigenvalue weighted by Gasteiger charge is 2.33. The zero-order valence-electron chi connectivity index (χ0n) is 15.5. The van der Waals surface area contributed by atoms with Crippen LogP contribution in [0.4, 0.5) is 13.2 Å². The van der Waals surface area contributed by atoms with E-state index < -0.39 is 11.7 Å². The lowest BCUT2D eigenvalue weighted by atomic mass is 9.90. The summed E-state index contributed by atoms with van der Waals surface area (Å²) in [5.41, 5.74) is 1.21. The van der Waals surface area contributed by atoms with Crippen LogP contribution in [0.5, 0.6) is 0 Å². The molecular formula is C21H26F3N3. The molecule has 1 aromatic heterocycles. The van der Waals surface area contributed by atoms with Crippen molar-refractivity contribution in [2.24, 2.45) is 5.92 Å². The second-order valence-electron chi connectivity index (χ2n) is 7.96. The van der Waals surface area contributed by atoms with Crippen LogP contribution in [-0.2, 0) is 19.1 Å². The number of imidazole rings is 1. The maximum atomic E-state index is 13.2. The zero-order valence-corrected chi connectivity index (χ0v) is 15.5. The van der Waals surface area contributed by atoms with Gasteiger partial charge in [0, 0.05) is 25.3 Å². The third kappa shape index (κ3) is 4.54. The lowest BCUT2D eigenvalue weighted by molar-refractivity contribution is -0.138. The quantitative estimate of drug-likeness (QED) is 0.700. The Kier molecular flexibility index (Phi) is 5.26. The maximum absolute atomic E-state index is 13.2. The molecule has 3 nitrogen and oxygen atoms in total. The van der Waals surface area contributed by atoms with Crippen molar-refractivity contribution in [3.05, 3.63) is 53.6 Å². The highest BCUT2D eigenvalue weighted by atomic mass is 19.4. The fourth-order valence-corrected chi connectivity index (χ4v) is 4.27. The van der Waals surface area contributed by atoms with Crippen LogP contribution >= 0.6 is 0 Å².